The summed E-state index contributed by atoms with van der Waals surface area (Å²) in [5, 5.41) is 9.79. The molecular weight excluding hydrogens is 343 g/mol. The standard InChI is InChI=1S/C19H26ClFN2O2/c1-14(24)11-23-13-19(6-5-17(23)25)7-9-22(10-8-19)12-15-3-2-4-16(20)18(15)21/h2-4,14,24H,5-13H2,1H3/t14-/m0/s1. The molecule has 25 heavy (non-hydrogen) atoms. The Hall–Kier alpha value is -1.17. The maximum atomic E-state index is 14.1. The third kappa shape index (κ3) is 4.33. The van der Waals surface area contributed by atoms with Crippen LogP contribution in [0.1, 0.15) is 38.2 Å². The molecule has 0 radical (unpaired) electrons. The number of benzene rings is 1. The van der Waals surface area contributed by atoms with Crippen molar-refractivity contribution in [2.75, 3.05) is 26.2 Å². The quantitative estimate of drug-likeness (QED) is 0.888. The number of likely N-dealkylation sites (tertiary alicyclic amines) is 2. The third-order valence-corrected chi connectivity index (χ3v) is 5.87. The van der Waals surface area contributed by atoms with Crippen LogP contribution in [0.2, 0.25) is 5.02 Å². The molecule has 0 aliphatic carbocycles. The third-order valence-electron chi connectivity index (χ3n) is 5.58. The van der Waals surface area contributed by atoms with Crippen molar-refractivity contribution in [1.29, 1.82) is 0 Å². The highest BCUT2D eigenvalue weighted by molar-refractivity contribution is 6.30. The Bertz CT molecular complexity index is 630. The lowest BCUT2D eigenvalue weighted by Crippen LogP contribution is -2.52. The summed E-state index contributed by atoms with van der Waals surface area (Å²) >= 11 is 5.87. The molecule has 1 amide bonds. The highest BCUT2D eigenvalue weighted by Gasteiger charge is 2.41. The summed E-state index contributed by atoms with van der Waals surface area (Å²) in [5.41, 5.74) is 0.782. The molecule has 1 spiro atoms. The average Bonchev–Trinajstić information content (AvgIpc) is 2.57. The van der Waals surface area contributed by atoms with Crippen LogP contribution >= 0.6 is 11.6 Å². The van der Waals surface area contributed by atoms with E-state index in [0.717, 1.165) is 38.9 Å². The van der Waals surface area contributed by atoms with Gasteiger partial charge in [0.1, 0.15) is 5.82 Å². The van der Waals surface area contributed by atoms with E-state index in [2.05, 4.69) is 4.90 Å². The Morgan fingerprint density at radius 3 is 2.72 bits per heavy atom. The molecule has 2 aliphatic heterocycles. The minimum atomic E-state index is -0.495. The van der Waals surface area contributed by atoms with Crippen LogP contribution in [0.4, 0.5) is 4.39 Å². The van der Waals surface area contributed by atoms with E-state index in [1.807, 2.05) is 4.90 Å². The van der Waals surface area contributed by atoms with E-state index in [0.29, 0.717) is 25.1 Å². The number of aliphatic hydroxyl groups is 1. The van der Waals surface area contributed by atoms with Crippen LogP contribution in [0.15, 0.2) is 18.2 Å². The van der Waals surface area contributed by atoms with Crippen LogP contribution in [-0.4, -0.2) is 53.1 Å². The lowest BCUT2D eigenvalue weighted by molar-refractivity contribution is -0.140. The molecule has 2 fully saturated rings. The first-order chi connectivity index (χ1) is 11.9. The van der Waals surface area contributed by atoms with Gasteiger partial charge in [-0.3, -0.25) is 9.69 Å². The number of carbonyl (C=O) groups excluding carboxylic acids is 1. The predicted molar refractivity (Wildman–Crippen MR) is 95.8 cm³/mol. The van der Waals surface area contributed by atoms with Gasteiger partial charge in [-0.15, -0.1) is 0 Å². The molecule has 2 aliphatic rings. The largest absolute Gasteiger partial charge is 0.392 e. The van der Waals surface area contributed by atoms with Crippen molar-refractivity contribution in [3.8, 4) is 0 Å². The second-order valence-electron chi connectivity index (χ2n) is 7.61. The van der Waals surface area contributed by atoms with Gasteiger partial charge < -0.3 is 10.0 Å². The lowest BCUT2D eigenvalue weighted by Gasteiger charge is -2.47. The molecule has 1 N–H and O–H groups in total. The molecule has 0 unspecified atom stereocenters. The minimum absolute atomic E-state index is 0.145. The molecule has 0 aromatic heterocycles. The zero-order valence-electron chi connectivity index (χ0n) is 14.7. The van der Waals surface area contributed by atoms with Crippen LogP contribution < -0.4 is 0 Å². The number of halogens is 2. The highest BCUT2D eigenvalue weighted by atomic mass is 35.5. The second kappa shape index (κ2) is 7.60. The van der Waals surface area contributed by atoms with Crippen LogP contribution in [-0.2, 0) is 11.3 Å². The zero-order valence-corrected chi connectivity index (χ0v) is 15.4. The van der Waals surface area contributed by atoms with Crippen molar-refractivity contribution in [3.63, 3.8) is 0 Å². The molecule has 1 aromatic carbocycles. The van der Waals surface area contributed by atoms with Gasteiger partial charge in [-0.1, -0.05) is 23.7 Å². The molecule has 2 saturated heterocycles. The molecule has 0 bridgehead atoms. The summed E-state index contributed by atoms with van der Waals surface area (Å²) in [5.74, 6) is -0.175. The molecule has 1 aromatic rings. The predicted octanol–water partition coefficient (Wildman–Crippen LogP) is 3.06. The van der Waals surface area contributed by atoms with Gasteiger partial charge in [-0.2, -0.15) is 0 Å². The highest BCUT2D eigenvalue weighted by Crippen LogP contribution is 2.40. The van der Waals surface area contributed by atoms with Gasteiger partial charge in [-0.25, -0.2) is 4.39 Å². The Labute approximate surface area is 153 Å². The minimum Gasteiger partial charge on any atom is -0.392 e. The van der Waals surface area contributed by atoms with E-state index >= 15 is 0 Å². The lowest BCUT2D eigenvalue weighted by atomic mass is 9.72. The van der Waals surface area contributed by atoms with Gasteiger partial charge in [-0.05, 0) is 50.8 Å². The van der Waals surface area contributed by atoms with Crippen molar-refractivity contribution >= 4 is 17.5 Å². The summed E-state index contributed by atoms with van der Waals surface area (Å²) in [6.07, 6.45) is 2.99. The number of hydrogen-bond acceptors (Lipinski definition) is 3. The molecule has 0 saturated carbocycles. The summed E-state index contributed by atoms with van der Waals surface area (Å²) in [6.45, 7) is 5.22. The summed E-state index contributed by atoms with van der Waals surface area (Å²) in [7, 11) is 0. The number of piperidine rings is 2. The van der Waals surface area contributed by atoms with Crippen LogP contribution in [0, 0.1) is 11.2 Å². The molecule has 3 rings (SSSR count). The van der Waals surface area contributed by atoms with Crippen molar-refractivity contribution in [3.05, 3.63) is 34.6 Å². The summed E-state index contributed by atoms with van der Waals surface area (Å²) in [4.78, 5) is 16.2. The monoisotopic (exact) mass is 368 g/mol. The first-order valence-electron chi connectivity index (χ1n) is 9.00. The SMILES string of the molecule is C[C@H](O)CN1CC2(CCC1=O)CCN(Cc1cccc(Cl)c1F)CC2. The normalized spacial score (nSPS) is 22.4. The van der Waals surface area contributed by atoms with Crippen molar-refractivity contribution < 1.29 is 14.3 Å². The van der Waals surface area contributed by atoms with Gasteiger partial charge in [0, 0.05) is 31.6 Å². The van der Waals surface area contributed by atoms with Gasteiger partial charge in [0.15, 0.2) is 0 Å². The Morgan fingerprint density at radius 1 is 1.32 bits per heavy atom. The summed E-state index contributed by atoms with van der Waals surface area (Å²) < 4.78 is 14.1. The Balaban J connectivity index is 1.59. The number of aliphatic hydroxyl groups excluding tert-OH is 1. The summed E-state index contributed by atoms with van der Waals surface area (Å²) in [6, 6.07) is 5.14. The fourth-order valence-electron chi connectivity index (χ4n) is 4.09. The zero-order chi connectivity index (χ0) is 18.0. The number of β-amino-alcohol motifs (C(OH)–C–C–N with tert-alkyl or cyclic N) is 1. The van der Waals surface area contributed by atoms with Crippen LogP contribution in [0.5, 0.6) is 0 Å². The van der Waals surface area contributed by atoms with Crippen molar-refractivity contribution in [2.45, 2.75) is 45.3 Å². The Kier molecular flexibility index (Phi) is 5.66. The molecular formula is C19H26ClFN2O2. The van der Waals surface area contributed by atoms with Gasteiger partial charge in [0.25, 0.3) is 0 Å². The first kappa shape index (κ1) is 18.6. The van der Waals surface area contributed by atoms with E-state index in [9.17, 15) is 14.3 Å². The van der Waals surface area contributed by atoms with Gasteiger partial charge >= 0.3 is 0 Å². The number of carbonyl (C=O) groups is 1. The first-order valence-corrected chi connectivity index (χ1v) is 9.37. The van der Waals surface area contributed by atoms with Crippen molar-refractivity contribution in [1.82, 2.24) is 9.80 Å². The van der Waals surface area contributed by atoms with E-state index in [-0.39, 0.29) is 22.2 Å². The van der Waals surface area contributed by atoms with Gasteiger partial charge in [0.2, 0.25) is 5.91 Å². The smallest absolute Gasteiger partial charge is 0.222 e. The molecule has 2 heterocycles. The molecule has 138 valence electrons. The Morgan fingerprint density at radius 2 is 2.04 bits per heavy atom. The fourth-order valence-corrected chi connectivity index (χ4v) is 4.29. The van der Waals surface area contributed by atoms with Crippen LogP contribution in [0.25, 0.3) is 0 Å². The topological polar surface area (TPSA) is 43.8 Å². The van der Waals surface area contributed by atoms with E-state index in [4.69, 9.17) is 11.6 Å². The van der Waals surface area contributed by atoms with Crippen LogP contribution in [0.3, 0.4) is 0 Å². The average molecular weight is 369 g/mol. The maximum absolute atomic E-state index is 14.1. The number of rotatable bonds is 4. The fraction of sp³-hybridized carbons (Fsp3) is 0.632. The maximum Gasteiger partial charge on any atom is 0.222 e. The van der Waals surface area contributed by atoms with Crippen molar-refractivity contribution in [2.24, 2.45) is 5.41 Å². The number of nitrogens with zero attached hydrogens (tertiary/aromatic N) is 2. The number of amides is 1. The van der Waals surface area contributed by atoms with E-state index in [1.54, 1.807) is 25.1 Å². The van der Waals surface area contributed by atoms with E-state index in [1.165, 1.54) is 0 Å². The molecule has 1 atom stereocenters. The van der Waals surface area contributed by atoms with Gasteiger partial charge in [0.05, 0.1) is 11.1 Å². The molecule has 4 nitrogen and oxygen atoms in total. The second-order valence-corrected chi connectivity index (χ2v) is 8.02. The van der Waals surface area contributed by atoms with E-state index < -0.39 is 6.10 Å². The molecule has 6 heteroatoms. The number of hydrogen-bond donors (Lipinski definition) is 1.